The average Bonchev–Trinajstić information content (AvgIpc) is 0.936. The molecule has 5 atom stereocenters. The van der Waals surface area contributed by atoms with Crippen LogP contribution in [0.1, 0.15) is 91.2 Å². The number of hydrogen-bond acceptors (Lipinski definition) is 21. The zero-order valence-corrected chi connectivity index (χ0v) is 55.2. The van der Waals surface area contributed by atoms with Gasteiger partial charge in [-0.3, -0.25) is 24.0 Å². The molecular formula is C63H104N8O22. The first-order valence-corrected chi connectivity index (χ1v) is 31.5. The molecule has 0 aromatic heterocycles. The number of urea groups is 1. The van der Waals surface area contributed by atoms with Crippen LogP contribution in [0.2, 0.25) is 0 Å². The highest BCUT2D eigenvalue weighted by Gasteiger charge is 2.32. The van der Waals surface area contributed by atoms with Gasteiger partial charge >= 0.3 is 24.2 Å². The number of ether oxygens (including phenoxy) is 12. The maximum atomic E-state index is 14.2. The molecule has 93 heavy (non-hydrogen) atoms. The molecule has 2 aromatic rings. The van der Waals surface area contributed by atoms with Crippen LogP contribution in [-0.4, -0.2) is 234 Å². The molecule has 2 rings (SSSR count). The topological polar surface area (TPSA) is 398 Å². The third-order valence-electron chi connectivity index (χ3n) is 13.1. The zero-order valence-electron chi connectivity index (χ0n) is 55.2. The molecule has 2 aromatic carbocycles. The molecular weight excluding hydrogens is 1220 g/mol. The van der Waals surface area contributed by atoms with Crippen LogP contribution in [0.5, 0.6) is 5.75 Å². The molecule has 0 unspecified atom stereocenters. The number of carboxylic acid groups (broad SMARTS) is 1. The van der Waals surface area contributed by atoms with Crippen LogP contribution in [0.15, 0.2) is 48.5 Å². The molecule has 8 amide bonds. The number of phenols is 1. The first-order chi connectivity index (χ1) is 44.6. The van der Waals surface area contributed by atoms with E-state index in [0.717, 1.165) is 0 Å². The minimum absolute atomic E-state index is 0.0165. The van der Waals surface area contributed by atoms with Crippen molar-refractivity contribution in [3.63, 3.8) is 0 Å². The molecule has 0 aliphatic carbocycles. The Kier molecular flexibility index (Phi) is 44.6. The van der Waals surface area contributed by atoms with Crippen LogP contribution in [0.25, 0.3) is 0 Å². The fourth-order valence-electron chi connectivity index (χ4n) is 8.34. The van der Waals surface area contributed by atoms with E-state index in [1.54, 1.807) is 72.1 Å². The molecule has 0 saturated heterocycles. The molecule has 0 bridgehead atoms. The number of rotatable bonds is 54. The number of nitrogens with two attached hydrogens (primary N) is 1. The predicted octanol–water partition coefficient (Wildman–Crippen LogP) is 3.33. The van der Waals surface area contributed by atoms with Crippen LogP contribution in [-0.2, 0) is 93.8 Å². The number of phenolic OH excluding ortho intramolecular Hbond substituents is 1. The molecule has 30 nitrogen and oxygen atoms in total. The summed E-state index contributed by atoms with van der Waals surface area (Å²) >= 11 is 0. The molecule has 528 valence electrons. The summed E-state index contributed by atoms with van der Waals surface area (Å²) in [5, 5.41) is 39.1. The minimum Gasteiger partial charge on any atom is -0.506 e. The van der Waals surface area contributed by atoms with Crippen molar-refractivity contribution in [2.45, 2.75) is 123 Å². The van der Waals surface area contributed by atoms with Gasteiger partial charge in [-0.1, -0.05) is 57.2 Å². The summed E-state index contributed by atoms with van der Waals surface area (Å²) in [6, 6.07) is 7.79. The monoisotopic (exact) mass is 1320 g/mol. The Labute approximate surface area is 546 Å². The number of nitrogens with one attached hydrogen (secondary N) is 7. The summed E-state index contributed by atoms with van der Waals surface area (Å²) in [6.07, 6.45) is -0.730. The number of aliphatic carboxylic acids is 1. The minimum atomic E-state index is -1.32. The largest absolute Gasteiger partial charge is 0.506 e. The lowest BCUT2D eigenvalue weighted by Crippen LogP contribution is -2.57. The van der Waals surface area contributed by atoms with Crippen molar-refractivity contribution in [2.75, 3.05) is 151 Å². The molecule has 0 saturated carbocycles. The Morgan fingerprint density at radius 3 is 1.56 bits per heavy atom. The predicted molar refractivity (Wildman–Crippen MR) is 340 cm³/mol. The summed E-state index contributed by atoms with van der Waals surface area (Å²) in [7, 11) is 1.63. The summed E-state index contributed by atoms with van der Waals surface area (Å²) < 4.78 is 64.9. The van der Waals surface area contributed by atoms with E-state index in [-0.39, 0.29) is 89.0 Å². The van der Waals surface area contributed by atoms with Gasteiger partial charge in [-0.05, 0) is 94.9 Å². The van der Waals surface area contributed by atoms with Gasteiger partial charge in [-0.15, -0.1) is 0 Å². The lowest BCUT2D eigenvalue weighted by Gasteiger charge is -2.27. The molecule has 0 spiro atoms. The van der Waals surface area contributed by atoms with Crippen LogP contribution < -0.4 is 43.0 Å². The Hall–Kier alpha value is -7.00. The van der Waals surface area contributed by atoms with Crippen molar-refractivity contribution in [3.05, 3.63) is 59.7 Å². The number of benzene rings is 2. The van der Waals surface area contributed by atoms with E-state index >= 15 is 0 Å². The van der Waals surface area contributed by atoms with E-state index in [9.17, 15) is 48.6 Å². The van der Waals surface area contributed by atoms with Gasteiger partial charge in [-0.25, -0.2) is 14.4 Å². The van der Waals surface area contributed by atoms with Gasteiger partial charge in [0.1, 0.15) is 42.7 Å². The summed E-state index contributed by atoms with van der Waals surface area (Å²) in [4.78, 5) is 104. The molecule has 0 radical (unpaired) electrons. The smallest absolute Gasteiger partial charge is 0.408 e. The van der Waals surface area contributed by atoms with E-state index < -0.39 is 83.5 Å². The maximum absolute atomic E-state index is 14.2. The van der Waals surface area contributed by atoms with Gasteiger partial charge in [0.2, 0.25) is 23.6 Å². The molecule has 0 fully saturated rings. The fraction of sp³-hybridized carbons (Fsp3) is 0.683. The molecule has 11 N–H and O–H groups in total. The van der Waals surface area contributed by atoms with Crippen molar-refractivity contribution in [2.24, 2.45) is 17.6 Å². The summed E-state index contributed by atoms with van der Waals surface area (Å²) in [5.41, 5.74) is 5.53. The summed E-state index contributed by atoms with van der Waals surface area (Å²) in [6.45, 7) is 17.3. The fourth-order valence-corrected chi connectivity index (χ4v) is 8.34. The van der Waals surface area contributed by atoms with E-state index in [4.69, 9.17) is 62.6 Å². The molecule has 30 heteroatoms. The van der Waals surface area contributed by atoms with Gasteiger partial charge in [0.05, 0.1) is 131 Å². The maximum Gasteiger partial charge on any atom is 0.408 e. The first-order valence-electron chi connectivity index (χ1n) is 31.5. The Balaban J connectivity index is 1.87. The van der Waals surface area contributed by atoms with Gasteiger partial charge in [0, 0.05) is 26.2 Å². The first kappa shape index (κ1) is 82.1. The van der Waals surface area contributed by atoms with Crippen molar-refractivity contribution in [1.29, 1.82) is 0 Å². The van der Waals surface area contributed by atoms with Crippen LogP contribution in [0.3, 0.4) is 0 Å². The van der Waals surface area contributed by atoms with E-state index in [1.807, 2.05) is 0 Å². The van der Waals surface area contributed by atoms with Crippen LogP contribution in [0.4, 0.5) is 20.1 Å². The van der Waals surface area contributed by atoms with E-state index in [1.165, 1.54) is 25.1 Å². The second-order valence-electron chi connectivity index (χ2n) is 22.6. The highest BCUT2D eigenvalue weighted by atomic mass is 16.6. The van der Waals surface area contributed by atoms with Crippen LogP contribution in [0, 0.1) is 11.8 Å². The number of hydrogen-bond donors (Lipinski definition) is 10. The molecule has 0 aliphatic rings. The quantitative estimate of drug-likeness (QED) is 0.0335. The van der Waals surface area contributed by atoms with E-state index in [0.29, 0.717) is 130 Å². The average molecular weight is 1330 g/mol. The number of aromatic hydroxyl groups is 1. The lowest BCUT2D eigenvalue weighted by molar-refractivity contribution is -0.141. The van der Waals surface area contributed by atoms with Gasteiger partial charge in [0.15, 0.2) is 0 Å². The van der Waals surface area contributed by atoms with Crippen LogP contribution >= 0.6 is 0 Å². The number of alkyl carbamates (subject to hydrolysis) is 2. The second kappa shape index (κ2) is 50.5. The lowest BCUT2D eigenvalue weighted by atomic mass is 9.96. The Morgan fingerprint density at radius 1 is 0.548 bits per heavy atom. The van der Waals surface area contributed by atoms with Gasteiger partial charge in [-0.2, -0.15) is 0 Å². The van der Waals surface area contributed by atoms with Crippen molar-refractivity contribution in [1.82, 2.24) is 31.9 Å². The summed E-state index contributed by atoms with van der Waals surface area (Å²) in [5.74, 6) is -5.55. The Morgan fingerprint density at radius 2 is 1.05 bits per heavy atom. The Bertz CT molecular complexity index is 2420. The third kappa shape index (κ3) is 42.8. The zero-order chi connectivity index (χ0) is 68.5. The van der Waals surface area contributed by atoms with Gasteiger partial charge in [0.25, 0.3) is 0 Å². The third-order valence-corrected chi connectivity index (χ3v) is 13.1. The molecule has 0 aliphatic heterocycles. The number of amides is 8. The molecule has 0 heterocycles. The van der Waals surface area contributed by atoms with Crippen molar-refractivity contribution >= 4 is 53.5 Å². The van der Waals surface area contributed by atoms with Crippen molar-refractivity contribution in [3.8, 4) is 5.75 Å². The number of carboxylic acids is 1. The number of unbranched alkanes of at least 4 members (excludes halogenated alkanes) is 1. The SMILES string of the molecule is COCCOCCOCCOCCOCCOCCOCCOCCOCCOCC(=O)NCCCC[C@H](NC(=O)OCc1ccccc1)C(=O)N[C@H](C(=O)N[C@@H](CCCNC(N)=O)C(=O)Nc1cc(C[C@@H](C[C@H](C)C(=O)O)NC(=O)OC(C)(C)C)ccc1O)C(C)C. The highest BCUT2D eigenvalue weighted by Crippen LogP contribution is 2.26. The van der Waals surface area contributed by atoms with Crippen molar-refractivity contribution < 1.29 is 105 Å². The number of anilines is 1. The number of methoxy groups -OCH3 is 1. The number of carbonyl (C=O) groups excluding carboxylic acids is 7. The number of carbonyl (C=O) groups is 8. The van der Waals surface area contributed by atoms with Gasteiger partial charge < -0.3 is 110 Å². The number of primary amides is 1. The van der Waals surface area contributed by atoms with E-state index in [2.05, 4.69) is 37.2 Å². The second-order valence-corrected chi connectivity index (χ2v) is 22.6. The standard InChI is InChI=1S/C63H104N8O22/c1-45(2)55(58(76)68-50(17-13-21-66-60(64)79)56(74)69-52-42-48(18-19-53(52)72)41-49(40-46(3)59(77)78)67-62(81)93-63(4,5)6)71-57(75)51(70-61(80)92-43-47-14-9-8-10-15-47)16-11-12-20-65-54(73)44-91-39-38-90-37-36-89-35-34-88-33-32-87-31-30-86-29-28-85-27-26-84-25-24-83-23-22-82-7/h8-10,14-15,18-19,42,45-46,49-51,55,72H,11-13,16-17,20-41,43-44H2,1-7H3,(H,65,73)(H,67,81)(H,68,76)(H,69,74)(H,70,80)(H,71,75)(H,77,78)(H3,64,66,79)/t46-,49+,50-,51-,55-/m0/s1. The normalized spacial score (nSPS) is 13.0. The highest BCUT2D eigenvalue weighted by molar-refractivity contribution is 5.99.